The van der Waals surface area contributed by atoms with Crippen LogP contribution in [0, 0.1) is 30.9 Å². The Morgan fingerprint density at radius 1 is 0.925 bits per heavy atom. The lowest BCUT2D eigenvalue weighted by atomic mass is 9.93. The number of aryl methyl sites for hydroxylation is 3. The van der Waals surface area contributed by atoms with Crippen LogP contribution in [-0.2, 0) is 4.79 Å². The van der Waals surface area contributed by atoms with Crippen LogP contribution < -0.4 is 16.0 Å². The normalized spacial score (nSPS) is 14.2. The number of anilines is 3. The Labute approximate surface area is 230 Å². The van der Waals surface area contributed by atoms with Crippen LogP contribution in [0.4, 0.5) is 22.9 Å². The van der Waals surface area contributed by atoms with E-state index in [0.717, 1.165) is 16.7 Å². The molecule has 5 rings (SSSR count). The van der Waals surface area contributed by atoms with Crippen molar-refractivity contribution in [1.29, 1.82) is 0 Å². The molecule has 0 saturated heterocycles. The van der Waals surface area contributed by atoms with Gasteiger partial charge in [0, 0.05) is 23.1 Å². The number of aromatic nitrogens is 2. The van der Waals surface area contributed by atoms with E-state index < -0.39 is 22.8 Å². The first-order valence-corrected chi connectivity index (χ1v) is 12.7. The fourth-order valence-electron chi connectivity index (χ4n) is 4.95. The predicted octanol–water partition coefficient (Wildman–Crippen LogP) is 5.90. The number of benzene rings is 3. The first-order chi connectivity index (χ1) is 19.1. The van der Waals surface area contributed by atoms with Crippen molar-refractivity contribution in [2.24, 2.45) is 0 Å². The Balaban J connectivity index is 1.60. The number of carbonyl (C=O) groups excluding carboxylic acids is 2. The molecule has 202 valence electrons. The van der Waals surface area contributed by atoms with Crippen LogP contribution in [0.2, 0.25) is 0 Å². The molecule has 1 aromatic heterocycles. The van der Waals surface area contributed by atoms with Crippen molar-refractivity contribution in [3.05, 3.63) is 122 Å². The number of para-hydroxylation sites is 1. The molecule has 10 nitrogen and oxygen atoms in total. The summed E-state index contributed by atoms with van der Waals surface area (Å²) in [6, 6.07) is 18.3. The van der Waals surface area contributed by atoms with Crippen molar-refractivity contribution in [3.8, 4) is 0 Å². The number of amides is 2. The van der Waals surface area contributed by atoms with Gasteiger partial charge < -0.3 is 16.0 Å². The van der Waals surface area contributed by atoms with Gasteiger partial charge in [0.05, 0.1) is 22.3 Å². The molecular formula is C30H28N6O4. The summed E-state index contributed by atoms with van der Waals surface area (Å²) < 4.78 is 1.46. The van der Waals surface area contributed by atoms with Gasteiger partial charge in [0.2, 0.25) is 0 Å². The highest BCUT2D eigenvalue weighted by atomic mass is 16.6. The smallest absolute Gasteiger partial charge is 0.275 e. The maximum atomic E-state index is 13.8. The average Bonchev–Trinajstić information content (AvgIpc) is 3.33. The van der Waals surface area contributed by atoms with Gasteiger partial charge in [0.1, 0.15) is 17.4 Å². The van der Waals surface area contributed by atoms with Crippen LogP contribution >= 0.6 is 0 Å². The van der Waals surface area contributed by atoms with E-state index in [4.69, 9.17) is 0 Å². The molecule has 3 aromatic carbocycles. The second kappa shape index (κ2) is 10.5. The zero-order chi connectivity index (χ0) is 28.6. The summed E-state index contributed by atoms with van der Waals surface area (Å²) in [6.07, 6.45) is 1.40. The van der Waals surface area contributed by atoms with E-state index in [-0.39, 0.29) is 22.4 Å². The van der Waals surface area contributed by atoms with Crippen LogP contribution in [-0.4, -0.2) is 26.5 Å². The van der Waals surface area contributed by atoms with Crippen molar-refractivity contribution < 1.29 is 14.5 Å². The summed E-state index contributed by atoms with van der Waals surface area (Å²) in [6.45, 7) is 7.49. The molecule has 10 heteroatoms. The maximum absolute atomic E-state index is 13.8. The molecule has 1 aliphatic heterocycles. The number of rotatable bonds is 6. The summed E-state index contributed by atoms with van der Waals surface area (Å²) >= 11 is 0. The SMILES string of the molecule is CC1=C(C(=O)Nc2ccc(C)cc2C)C(c2ccccc2[N+](=O)[O-])n2ncc(C(=O)Nc3cccc(C)c3)c2N1. The quantitative estimate of drug-likeness (QED) is 0.208. The Morgan fingerprint density at radius 2 is 1.68 bits per heavy atom. The topological polar surface area (TPSA) is 131 Å². The molecular weight excluding hydrogens is 508 g/mol. The molecule has 2 heterocycles. The van der Waals surface area contributed by atoms with Crippen molar-refractivity contribution >= 4 is 34.7 Å². The number of hydrogen-bond donors (Lipinski definition) is 3. The van der Waals surface area contributed by atoms with E-state index in [1.807, 2.05) is 57.2 Å². The standard InChI is InChI=1S/C30H28N6O4/c1-17-8-7-9-21(15-17)33-29(37)23-16-31-35-27(22-10-5-6-11-25(22)36(39)40)26(20(4)32-28(23)35)30(38)34-24-13-12-18(2)14-19(24)3/h5-16,27,32H,1-4H3,(H,33,37)(H,34,38). The van der Waals surface area contributed by atoms with Crippen LogP contribution in [0.1, 0.15) is 45.6 Å². The van der Waals surface area contributed by atoms with Crippen LogP contribution in [0.15, 0.2) is 84.2 Å². The molecule has 0 aliphatic carbocycles. The van der Waals surface area contributed by atoms with Crippen LogP contribution in [0.3, 0.4) is 0 Å². The van der Waals surface area contributed by atoms with Gasteiger partial charge in [-0.2, -0.15) is 5.10 Å². The van der Waals surface area contributed by atoms with E-state index in [9.17, 15) is 19.7 Å². The summed E-state index contributed by atoms with van der Waals surface area (Å²) in [5.74, 6) is -0.516. The first-order valence-electron chi connectivity index (χ1n) is 12.7. The van der Waals surface area contributed by atoms with Gasteiger partial charge in [-0.15, -0.1) is 0 Å². The largest absolute Gasteiger partial charge is 0.343 e. The lowest BCUT2D eigenvalue weighted by Crippen LogP contribution is -2.32. The number of fused-ring (bicyclic) bond motifs is 1. The highest BCUT2D eigenvalue weighted by Gasteiger charge is 2.38. The van der Waals surface area contributed by atoms with E-state index in [1.54, 1.807) is 31.2 Å². The van der Waals surface area contributed by atoms with Gasteiger partial charge in [0.15, 0.2) is 0 Å². The molecule has 0 fully saturated rings. The zero-order valence-electron chi connectivity index (χ0n) is 22.5. The zero-order valence-corrected chi connectivity index (χ0v) is 22.5. The van der Waals surface area contributed by atoms with Crippen LogP contribution in [0.25, 0.3) is 0 Å². The summed E-state index contributed by atoms with van der Waals surface area (Å²) in [4.78, 5) is 38.6. The predicted molar refractivity (Wildman–Crippen MR) is 153 cm³/mol. The summed E-state index contributed by atoms with van der Waals surface area (Å²) in [5, 5.41) is 25.5. The molecule has 0 bridgehead atoms. The Hall–Kier alpha value is -5.25. The second-order valence-corrected chi connectivity index (χ2v) is 9.83. The molecule has 3 N–H and O–H groups in total. The Kier molecular flexibility index (Phi) is 6.91. The van der Waals surface area contributed by atoms with Gasteiger partial charge in [-0.1, -0.05) is 42.0 Å². The number of nitrogens with one attached hydrogen (secondary N) is 3. The van der Waals surface area contributed by atoms with Gasteiger partial charge in [0.25, 0.3) is 17.5 Å². The van der Waals surface area contributed by atoms with Gasteiger partial charge >= 0.3 is 0 Å². The lowest BCUT2D eigenvalue weighted by Gasteiger charge is -2.30. The third-order valence-electron chi connectivity index (χ3n) is 6.85. The van der Waals surface area contributed by atoms with Crippen LogP contribution in [0.5, 0.6) is 0 Å². The van der Waals surface area contributed by atoms with Crippen molar-refractivity contribution in [3.63, 3.8) is 0 Å². The molecule has 40 heavy (non-hydrogen) atoms. The molecule has 1 unspecified atom stereocenters. The summed E-state index contributed by atoms with van der Waals surface area (Å²) in [7, 11) is 0. The summed E-state index contributed by atoms with van der Waals surface area (Å²) in [5.41, 5.74) is 5.21. The maximum Gasteiger partial charge on any atom is 0.275 e. The number of nitrogens with zero attached hydrogens (tertiary/aromatic N) is 3. The minimum absolute atomic E-state index is 0.161. The number of allylic oxidation sites excluding steroid dienone is 1. The Morgan fingerprint density at radius 3 is 2.40 bits per heavy atom. The molecule has 1 aliphatic rings. The highest BCUT2D eigenvalue weighted by Crippen LogP contribution is 2.41. The Bertz CT molecular complexity index is 1700. The van der Waals surface area contributed by atoms with Gasteiger partial charge in [-0.3, -0.25) is 19.7 Å². The fourth-order valence-corrected chi connectivity index (χ4v) is 4.95. The fraction of sp³-hybridized carbons (Fsp3) is 0.167. The van der Waals surface area contributed by atoms with Crippen molar-refractivity contribution in [1.82, 2.24) is 9.78 Å². The van der Waals surface area contributed by atoms with E-state index in [2.05, 4.69) is 21.0 Å². The molecule has 1 atom stereocenters. The molecule has 0 spiro atoms. The average molecular weight is 537 g/mol. The number of nitro benzene ring substituents is 1. The minimum Gasteiger partial charge on any atom is -0.343 e. The van der Waals surface area contributed by atoms with Gasteiger partial charge in [-0.05, 0) is 63.1 Å². The first kappa shape index (κ1) is 26.4. The second-order valence-electron chi connectivity index (χ2n) is 9.83. The molecule has 2 amide bonds. The van der Waals surface area contributed by atoms with Crippen molar-refractivity contribution in [2.45, 2.75) is 33.7 Å². The molecule has 4 aromatic rings. The van der Waals surface area contributed by atoms with E-state index >= 15 is 0 Å². The van der Waals surface area contributed by atoms with E-state index in [1.165, 1.54) is 16.9 Å². The van der Waals surface area contributed by atoms with Gasteiger partial charge in [-0.25, -0.2) is 4.68 Å². The van der Waals surface area contributed by atoms with E-state index in [0.29, 0.717) is 22.9 Å². The molecule has 0 radical (unpaired) electrons. The number of carbonyl (C=O) groups is 2. The number of nitro groups is 1. The highest BCUT2D eigenvalue weighted by molar-refractivity contribution is 6.09. The monoisotopic (exact) mass is 536 g/mol. The minimum atomic E-state index is -0.968. The third kappa shape index (κ3) is 4.94. The third-order valence-corrected chi connectivity index (χ3v) is 6.85. The van der Waals surface area contributed by atoms with Crippen molar-refractivity contribution in [2.75, 3.05) is 16.0 Å². The lowest BCUT2D eigenvalue weighted by molar-refractivity contribution is -0.385. The number of hydrogen-bond acceptors (Lipinski definition) is 6. The molecule has 0 saturated carbocycles.